The molecular formula is C14H19F3N6. The van der Waals surface area contributed by atoms with E-state index < -0.39 is 12.7 Å². The number of likely N-dealkylation sites (tertiary alicyclic amines) is 1. The summed E-state index contributed by atoms with van der Waals surface area (Å²) in [4.78, 5) is 10.2. The maximum atomic E-state index is 12.6. The molecule has 0 saturated carbocycles. The van der Waals surface area contributed by atoms with Gasteiger partial charge in [-0.25, -0.2) is 9.97 Å². The number of halogens is 3. The molecule has 0 N–H and O–H groups in total. The van der Waals surface area contributed by atoms with Crippen molar-refractivity contribution >= 4 is 0 Å². The second-order valence-corrected chi connectivity index (χ2v) is 5.95. The van der Waals surface area contributed by atoms with Crippen molar-refractivity contribution in [1.29, 1.82) is 0 Å². The third-order valence-corrected chi connectivity index (χ3v) is 4.03. The Morgan fingerprint density at radius 1 is 1.30 bits per heavy atom. The van der Waals surface area contributed by atoms with Crippen LogP contribution in [0.15, 0.2) is 25.0 Å². The lowest BCUT2D eigenvalue weighted by Crippen LogP contribution is -2.37. The number of alkyl halides is 3. The molecule has 0 amide bonds. The van der Waals surface area contributed by atoms with Crippen LogP contribution in [0.3, 0.4) is 0 Å². The number of hydrogen-bond acceptors (Lipinski definition) is 4. The fourth-order valence-corrected chi connectivity index (χ4v) is 3.06. The van der Waals surface area contributed by atoms with Crippen LogP contribution in [-0.2, 0) is 19.6 Å². The SMILES string of the molecule is FC(F)(F)Cn1ccnc1CN1CCCC(Cn2cncn2)C1. The molecule has 1 unspecified atom stereocenters. The molecule has 0 radical (unpaired) electrons. The molecule has 9 heteroatoms. The van der Waals surface area contributed by atoms with Gasteiger partial charge in [-0.3, -0.25) is 9.58 Å². The summed E-state index contributed by atoms with van der Waals surface area (Å²) < 4.78 is 40.7. The van der Waals surface area contributed by atoms with Gasteiger partial charge in [-0.05, 0) is 25.3 Å². The van der Waals surface area contributed by atoms with Crippen molar-refractivity contribution in [3.63, 3.8) is 0 Å². The lowest BCUT2D eigenvalue weighted by Gasteiger charge is -2.32. The molecule has 1 aliphatic heterocycles. The number of rotatable bonds is 5. The number of imidazole rings is 1. The van der Waals surface area contributed by atoms with Crippen LogP contribution in [0.2, 0.25) is 0 Å². The Morgan fingerprint density at radius 2 is 2.17 bits per heavy atom. The molecule has 0 aromatic carbocycles. The first-order valence-electron chi connectivity index (χ1n) is 7.61. The Morgan fingerprint density at radius 3 is 2.91 bits per heavy atom. The smallest absolute Gasteiger partial charge is 0.325 e. The molecule has 1 aliphatic rings. The first-order valence-corrected chi connectivity index (χ1v) is 7.61. The highest BCUT2D eigenvalue weighted by Crippen LogP contribution is 2.21. The van der Waals surface area contributed by atoms with E-state index in [1.807, 2.05) is 0 Å². The largest absolute Gasteiger partial charge is 0.406 e. The van der Waals surface area contributed by atoms with Gasteiger partial charge in [0, 0.05) is 25.5 Å². The molecule has 2 aromatic heterocycles. The third-order valence-electron chi connectivity index (χ3n) is 4.03. The summed E-state index contributed by atoms with van der Waals surface area (Å²) in [5.74, 6) is 0.889. The van der Waals surface area contributed by atoms with Crippen LogP contribution in [0.1, 0.15) is 18.7 Å². The van der Waals surface area contributed by atoms with Crippen molar-refractivity contribution < 1.29 is 13.2 Å². The van der Waals surface area contributed by atoms with E-state index >= 15 is 0 Å². The van der Waals surface area contributed by atoms with Gasteiger partial charge in [-0.1, -0.05) is 0 Å². The highest BCUT2D eigenvalue weighted by atomic mass is 19.4. The van der Waals surface area contributed by atoms with Gasteiger partial charge in [-0.15, -0.1) is 0 Å². The number of hydrogen-bond donors (Lipinski definition) is 0. The predicted octanol–water partition coefficient (Wildman–Crippen LogP) is 1.95. The molecule has 126 valence electrons. The predicted molar refractivity (Wildman–Crippen MR) is 76.3 cm³/mol. The van der Waals surface area contributed by atoms with Crippen LogP contribution < -0.4 is 0 Å². The molecule has 0 spiro atoms. The van der Waals surface area contributed by atoms with Gasteiger partial charge < -0.3 is 4.57 Å². The molecule has 1 atom stereocenters. The minimum absolute atomic E-state index is 0.427. The van der Waals surface area contributed by atoms with E-state index in [2.05, 4.69) is 20.0 Å². The molecule has 1 fully saturated rings. The van der Waals surface area contributed by atoms with Gasteiger partial charge in [-0.2, -0.15) is 18.3 Å². The van der Waals surface area contributed by atoms with E-state index in [-0.39, 0.29) is 0 Å². The number of piperidine rings is 1. The van der Waals surface area contributed by atoms with E-state index in [9.17, 15) is 13.2 Å². The minimum atomic E-state index is -4.23. The Kier molecular flexibility index (Phi) is 4.65. The Labute approximate surface area is 131 Å². The van der Waals surface area contributed by atoms with Crippen LogP contribution in [0.4, 0.5) is 13.2 Å². The molecule has 0 aliphatic carbocycles. The van der Waals surface area contributed by atoms with Crippen LogP contribution in [0.5, 0.6) is 0 Å². The molecule has 0 bridgehead atoms. The van der Waals surface area contributed by atoms with Crippen molar-refractivity contribution in [2.45, 2.75) is 38.7 Å². The minimum Gasteiger partial charge on any atom is -0.325 e. The topological polar surface area (TPSA) is 51.8 Å². The van der Waals surface area contributed by atoms with Crippen molar-refractivity contribution in [1.82, 2.24) is 29.2 Å². The Hall–Kier alpha value is -1.90. The zero-order valence-corrected chi connectivity index (χ0v) is 12.7. The lowest BCUT2D eigenvalue weighted by atomic mass is 9.98. The van der Waals surface area contributed by atoms with Crippen LogP contribution in [-0.4, -0.2) is 48.5 Å². The normalized spacial score (nSPS) is 20.0. The molecule has 1 saturated heterocycles. The third kappa shape index (κ3) is 4.54. The van der Waals surface area contributed by atoms with Gasteiger partial charge in [0.25, 0.3) is 0 Å². The molecular weight excluding hydrogens is 309 g/mol. The monoisotopic (exact) mass is 328 g/mol. The molecule has 23 heavy (non-hydrogen) atoms. The first kappa shape index (κ1) is 16.0. The summed E-state index contributed by atoms with van der Waals surface area (Å²) >= 11 is 0. The second-order valence-electron chi connectivity index (χ2n) is 5.95. The van der Waals surface area contributed by atoms with E-state index in [0.717, 1.165) is 32.5 Å². The summed E-state index contributed by atoms with van der Waals surface area (Å²) in [5.41, 5.74) is 0. The fourth-order valence-electron chi connectivity index (χ4n) is 3.06. The summed E-state index contributed by atoms with van der Waals surface area (Å²) in [6.45, 7) is 1.95. The first-order chi connectivity index (χ1) is 11.0. The van der Waals surface area contributed by atoms with Crippen LogP contribution >= 0.6 is 0 Å². The van der Waals surface area contributed by atoms with E-state index in [4.69, 9.17) is 0 Å². The van der Waals surface area contributed by atoms with Crippen molar-refractivity contribution in [3.8, 4) is 0 Å². The zero-order valence-electron chi connectivity index (χ0n) is 12.7. The summed E-state index contributed by atoms with van der Waals surface area (Å²) in [5, 5.41) is 4.11. The average Bonchev–Trinajstić information content (AvgIpc) is 3.11. The quantitative estimate of drug-likeness (QED) is 0.842. The van der Waals surface area contributed by atoms with Gasteiger partial charge >= 0.3 is 6.18 Å². The van der Waals surface area contributed by atoms with Gasteiger partial charge in [0.15, 0.2) is 0 Å². The maximum absolute atomic E-state index is 12.6. The van der Waals surface area contributed by atoms with E-state index in [0.29, 0.717) is 18.3 Å². The molecule has 6 nitrogen and oxygen atoms in total. The number of aromatic nitrogens is 5. The van der Waals surface area contributed by atoms with Crippen molar-refractivity contribution in [2.24, 2.45) is 5.92 Å². The lowest BCUT2D eigenvalue weighted by molar-refractivity contribution is -0.141. The summed E-state index contributed by atoms with van der Waals surface area (Å²) in [7, 11) is 0. The highest BCUT2D eigenvalue weighted by Gasteiger charge is 2.29. The molecule has 3 rings (SSSR count). The van der Waals surface area contributed by atoms with E-state index in [1.54, 1.807) is 11.0 Å². The van der Waals surface area contributed by atoms with Crippen molar-refractivity contribution in [2.75, 3.05) is 13.1 Å². The van der Waals surface area contributed by atoms with Crippen LogP contribution in [0, 0.1) is 5.92 Å². The molecule has 2 aromatic rings. The standard InChI is InChI=1S/C14H19F3N6/c15-14(16,17)9-22-5-3-19-13(22)8-21-4-1-2-12(6-21)7-23-11-18-10-20-23/h3,5,10-12H,1-2,4,6-9H2. The Bertz CT molecular complexity index is 606. The van der Waals surface area contributed by atoms with Gasteiger partial charge in [0.05, 0.1) is 6.54 Å². The summed E-state index contributed by atoms with van der Waals surface area (Å²) in [6, 6.07) is 0. The van der Waals surface area contributed by atoms with Crippen molar-refractivity contribution in [3.05, 3.63) is 30.9 Å². The molecule has 3 heterocycles. The fraction of sp³-hybridized carbons (Fsp3) is 0.643. The van der Waals surface area contributed by atoms with E-state index in [1.165, 1.54) is 23.3 Å². The van der Waals surface area contributed by atoms with Gasteiger partial charge in [0.1, 0.15) is 25.0 Å². The zero-order chi connectivity index (χ0) is 16.3. The maximum Gasteiger partial charge on any atom is 0.406 e. The number of nitrogens with zero attached hydrogens (tertiary/aromatic N) is 6. The summed E-state index contributed by atoms with van der Waals surface area (Å²) in [6.07, 6.45) is 3.90. The average molecular weight is 328 g/mol. The van der Waals surface area contributed by atoms with Crippen LogP contribution in [0.25, 0.3) is 0 Å². The second kappa shape index (κ2) is 6.69. The highest BCUT2D eigenvalue weighted by molar-refractivity contribution is 4.94. The Balaban J connectivity index is 1.58. The van der Waals surface area contributed by atoms with Gasteiger partial charge in [0.2, 0.25) is 0 Å².